The molecule has 0 aromatic heterocycles. The highest BCUT2D eigenvalue weighted by Crippen LogP contribution is 2.15. The van der Waals surface area contributed by atoms with Crippen LogP contribution < -0.4 is 65.9 Å². The first-order chi connectivity index (χ1) is 30.7. The molecule has 19 N–H and O–H groups in total. The van der Waals surface area contributed by atoms with Crippen LogP contribution in [-0.2, 0) is 40.0 Å². The summed E-state index contributed by atoms with van der Waals surface area (Å²) >= 11 is 0. The van der Waals surface area contributed by atoms with Gasteiger partial charge in [-0.3, -0.25) is 34.1 Å². The lowest BCUT2D eigenvalue weighted by molar-refractivity contribution is -0.143. The van der Waals surface area contributed by atoms with Crippen molar-refractivity contribution >= 4 is 41.0 Å². The molecule has 0 unspecified atom stereocenters. The zero-order chi connectivity index (χ0) is 49.1. The number of unbranched alkanes of at least 4 members (excludes halogenated alkanes) is 2. The van der Waals surface area contributed by atoms with Gasteiger partial charge in [-0.05, 0) is 127 Å². The minimum absolute atomic E-state index is 0.0130. The van der Waals surface area contributed by atoms with Crippen molar-refractivity contribution in [3.05, 3.63) is 29.8 Å². The lowest BCUT2D eigenvalue weighted by atomic mass is 9.94. The number of hydrogen-bond acceptors (Lipinski definition) is 18. The molecule has 1 aromatic rings. The van der Waals surface area contributed by atoms with Gasteiger partial charge in [-0.15, -0.1) is 0 Å². The Balaban J connectivity index is 3.55. The fraction of sp³-hybridized carbons (Fsp3) is 0.698. The molecule has 3 amide bonds. The van der Waals surface area contributed by atoms with E-state index in [2.05, 4.69) is 43.0 Å². The van der Waals surface area contributed by atoms with Crippen LogP contribution in [0.25, 0.3) is 0 Å². The molecule has 22 nitrogen and oxygen atoms in total. The van der Waals surface area contributed by atoms with Gasteiger partial charge < -0.3 is 54.2 Å². The number of rotatable bonds is 37. The van der Waals surface area contributed by atoms with Gasteiger partial charge >= 0.3 is 5.97 Å². The zero-order valence-electron chi connectivity index (χ0n) is 38.7. The van der Waals surface area contributed by atoms with Crippen LogP contribution in [0.4, 0.5) is 0 Å². The molecule has 0 aliphatic rings. The number of Topliss-reactive ketones (excluding diaryl/α,β-unsaturated/α-hetero) is 3. The number of carboxylic acids is 1. The second-order valence-corrected chi connectivity index (χ2v) is 17.2. The molecule has 65 heavy (non-hydrogen) atoms. The van der Waals surface area contributed by atoms with Crippen molar-refractivity contribution in [3.8, 4) is 5.75 Å². The van der Waals surface area contributed by atoms with Crippen LogP contribution >= 0.6 is 0 Å². The second-order valence-electron chi connectivity index (χ2n) is 17.2. The summed E-state index contributed by atoms with van der Waals surface area (Å²) in [6.45, 7) is 9.22. The molecule has 0 aliphatic carbocycles. The average Bonchev–Trinajstić information content (AvgIpc) is 3.24. The maximum absolute atomic E-state index is 14.3. The van der Waals surface area contributed by atoms with Gasteiger partial charge in [0.2, 0.25) is 29.3 Å². The summed E-state index contributed by atoms with van der Waals surface area (Å²) in [5, 5.41) is 39.5. The van der Waals surface area contributed by atoms with Crippen LogP contribution in [0.1, 0.15) is 104 Å². The van der Waals surface area contributed by atoms with E-state index < -0.39 is 90.4 Å². The first-order valence-corrected chi connectivity index (χ1v) is 22.5. The van der Waals surface area contributed by atoms with Gasteiger partial charge in [-0.1, -0.05) is 39.8 Å². The topological polar surface area (TPSA) is 380 Å². The van der Waals surface area contributed by atoms with Gasteiger partial charge in [0.15, 0.2) is 0 Å². The predicted molar refractivity (Wildman–Crippen MR) is 245 cm³/mol. The molecule has 0 radical (unpaired) electrons. The van der Waals surface area contributed by atoms with Crippen LogP contribution in [0.5, 0.6) is 5.75 Å². The largest absolute Gasteiger partial charge is 0.508 e. The Morgan fingerprint density at radius 3 is 1.55 bits per heavy atom. The number of carbonyl (C=O) groups is 7. The Kier molecular flexibility index (Phi) is 29.0. The molecule has 1 rings (SSSR count). The molecule has 0 fully saturated rings. The zero-order valence-corrected chi connectivity index (χ0v) is 38.7. The standard InChI is InChI=1S/C43H78N12O10/c1-25(2)21-33(27(5)57)53-55-35(22-26(3)4)41(63)50-31(12-7-9-19-45)39(61)49-30(11-6-8-18-44)37(59)38(60)34(23-28-14-16-29(58)17-15-28)54-52-32(13-10-20-48-43(46)47)40(62)51-36(24-56)42(64)65/h14-17,25-26,30-36,43,48,52-56,58H,6-13,18-24,44-47H2,1-5H3,(H,49,61)(H,50,63)(H,51,62)(H,64,65)/t30-,31-,32-,33-,34-,35-,36-/m0/s1. The highest BCUT2D eigenvalue weighted by Gasteiger charge is 2.35. The van der Waals surface area contributed by atoms with E-state index in [1.54, 1.807) is 0 Å². The number of aliphatic hydroxyl groups excluding tert-OH is 1. The molecular weight excluding hydrogens is 845 g/mol. The number of nitrogens with one attached hydrogen (secondary N) is 8. The van der Waals surface area contributed by atoms with Crippen molar-refractivity contribution in [1.29, 1.82) is 0 Å². The summed E-state index contributed by atoms with van der Waals surface area (Å²) in [5.74, 6) is -5.47. The van der Waals surface area contributed by atoms with Crippen LogP contribution in [-0.4, -0.2) is 131 Å². The van der Waals surface area contributed by atoms with Gasteiger partial charge in [-0.25, -0.2) is 26.5 Å². The Hall–Kier alpha value is -4.49. The molecule has 22 heteroatoms. The Morgan fingerprint density at radius 2 is 1.03 bits per heavy atom. The number of carboxylic acid groups (broad SMARTS) is 1. The van der Waals surface area contributed by atoms with E-state index in [0.29, 0.717) is 50.6 Å². The molecule has 0 heterocycles. The number of hydrazine groups is 2. The summed E-state index contributed by atoms with van der Waals surface area (Å²) in [6, 6.07) is -2.32. The first kappa shape index (κ1) is 58.5. The van der Waals surface area contributed by atoms with Gasteiger partial charge in [0, 0.05) is 0 Å². The van der Waals surface area contributed by atoms with Crippen molar-refractivity contribution in [2.24, 2.45) is 34.8 Å². The molecule has 0 saturated carbocycles. The number of aliphatic hydroxyl groups is 1. The Labute approximate surface area is 382 Å². The summed E-state index contributed by atoms with van der Waals surface area (Å²) in [4.78, 5) is 94.1. The summed E-state index contributed by atoms with van der Waals surface area (Å²) < 4.78 is 0. The third-order valence-electron chi connectivity index (χ3n) is 10.3. The molecule has 0 saturated heterocycles. The molecule has 1 aromatic carbocycles. The Bertz CT molecular complexity index is 1620. The Morgan fingerprint density at radius 1 is 0.585 bits per heavy atom. The van der Waals surface area contributed by atoms with Crippen molar-refractivity contribution in [1.82, 2.24) is 43.0 Å². The third-order valence-corrected chi connectivity index (χ3v) is 10.3. The fourth-order valence-electron chi connectivity index (χ4n) is 6.69. The molecule has 370 valence electrons. The van der Waals surface area contributed by atoms with Crippen molar-refractivity contribution in [2.75, 3.05) is 26.2 Å². The van der Waals surface area contributed by atoms with E-state index in [1.807, 2.05) is 27.7 Å². The number of amides is 3. The van der Waals surface area contributed by atoms with E-state index in [1.165, 1.54) is 31.2 Å². The molecular formula is C43H78N12O10. The van der Waals surface area contributed by atoms with Crippen LogP contribution in [0.15, 0.2) is 24.3 Å². The number of aromatic hydroxyl groups is 1. The fourth-order valence-corrected chi connectivity index (χ4v) is 6.69. The van der Waals surface area contributed by atoms with Gasteiger partial charge in [0.25, 0.3) is 0 Å². The van der Waals surface area contributed by atoms with E-state index in [0.717, 1.165) is 0 Å². The minimum atomic E-state index is -1.64. The van der Waals surface area contributed by atoms with Crippen LogP contribution in [0.3, 0.4) is 0 Å². The summed E-state index contributed by atoms with van der Waals surface area (Å²) in [5.41, 5.74) is 34.7. The summed E-state index contributed by atoms with van der Waals surface area (Å²) in [6.07, 6.45) is 2.15. The van der Waals surface area contributed by atoms with E-state index >= 15 is 0 Å². The number of nitrogens with two attached hydrogens (primary N) is 4. The maximum Gasteiger partial charge on any atom is 0.328 e. The number of carbonyl (C=O) groups excluding carboxylic acids is 6. The first-order valence-electron chi connectivity index (χ1n) is 22.5. The highest BCUT2D eigenvalue weighted by molar-refractivity contribution is 6.41. The van der Waals surface area contributed by atoms with Gasteiger partial charge in [0.05, 0.1) is 30.8 Å². The van der Waals surface area contributed by atoms with E-state index in [-0.39, 0.29) is 68.6 Å². The smallest absolute Gasteiger partial charge is 0.328 e. The molecule has 0 aliphatic heterocycles. The molecule has 7 atom stereocenters. The van der Waals surface area contributed by atoms with E-state index in [4.69, 9.17) is 22.9 Å². The number of ketones is 3. The van der Waals surface area contributed by atoms with Crippen molar-refractivity contribution in [2.45, 2.75) is 154 Å². The maximum atomic E-state index is 14.3. The SMILES string of the molecule is CC(=O)[C@H](CC(C)C)NN[C@@H](CC(C)C)C(=O)N[C@@H](CCCCN)C(=O)N[C@@H](CCCCN)C(=O)C(=O)[C@H](Cc1ccc(O)cc1)NN[C@@H](CCCNC(N)N)C(=O)N[C@@H](CO)C(=O)O. The second kappa shape index (κ2) is 32.2. The average molecular weight is 923 g/mol. The highest BCUT2D eigenvalue weighted by atomic mass is 16.4. The van der Waals surface area contributed by atoms with E-state index in [9.17, 15) is 48.9 Å². The van der Waals surface area contributed by atoms with Gasteiger partial charge in [-0.2, -0.15) is 0 Å². The molecule has 0 spiro atoms. The number of aliphatic carboxylic acids is 1. The molecule has 0 bridgehead atoms. The number of phenols is 1. The predicted octanol–water partition coefficient (Wildman–Crippen LogP) is -2.22. The van der Waals surface area contributed by atoms with Gasteiger partial charge in [0.1, 0.15) is 35.9 Å². The van der Waals surface area contributed by atoms with Crippen LogP contribution in [0, 0.1) is 11.8 Å². The number of phenolic OH excluding ortho intramolecular Hbond substituents is 1. The van der Waals surface area contributed by atoms with Crippen molar-refractivity contribution < 1.29 is 48.9 Å². The lowest BCUT2D eigenvalue weighted by Gasteiger charge is -2.28. The van der Waals surface area contributed by atoms with Crippen molar-refractivity contribution in [3.63, 3.8) is 0 Å². The third kappa shape index (κ3) is 24.0. The number of benzene rings is 1. The number of hydrogen-bond donors (Lipinski definition) is 15. The van der Waals surface area contributed by atoms with Crippen LogP contribution in [0.2, 0.25) is 0 Å². The quantitative estimate of drug-likeness (QED) is 0.0145. The normalized spacial score (nSPS) is 14.8. The lowest BCUT2D eigenvalue weighted by Crippen LogP contribution is -2.60. The monoisotopic (exact) mass is 923 g/mol. The minimum Gasteiger partial charge on any atom is -0.508 e. The summed E-state index contributed by atoms with van der Waals surface area (Å²) in [7, 11) is 0.